The first-order valence-corrected chi connectivity index (χ1v) is 9.50. The Balaban J connectivity index is 2.14. The first-order valence-electron chi connectivity index (χ1n) is 7.24. The van der Waals surface area contributed by atoms with Gasteiger partial charge in [-0.2, -0.15) is 4.31 Å². The molecule has 0 unspecified atom stereocenters. The van der Waals surface area contributed by atoms with Gasteiger partial charge in [0, 0.05) is 24.0 Å². The van der Waals surface area contributed by atoms with Crippen LogP contribution in [0.25, 0.3) is 0 Å². The van der Waals surface area contributed by atoms with Crippen LogP contribution in [0.3, 0.4) is 0 Å². The van der Waals surface area contributed by atoms with Crippen molar-refractivity contribution in [2.24, 2.45) is 5.73 Å². The fourth-order valence-electron chi connectivity index (χ4n) is 2.76. The van der Waals surface area contributed by atoms with Gasteiger partial charge in [-0.1, -0.05) is 0 Å². The van der Waals surface area contributed by atoms with Crippen LogP contribution in [-0.4, -0.2) is 57.4 Å². The number of nitrogens with two attached hydrogens (primary N) is 1. The second kappa shape index (κ2) is 6.34. The minimum absolute atomic E-state index is 0.000825. The van der Waals surface area contributed by atoms with E-state index in [4.69, 9.17) is 5.73 Å². The summed E-state index contributed by atoms with van der Waals surface area (Å²) < 4.78 is 27.3. The highest BCUT2D eigenvalue weighted by Crippen LogP contribution is 2.38. The summed E-state index contributed by atoms with van der Waals surface area (Å²) in [6.07, 6.45) is 4.02. The molecule has 0 aliphatic heterocycles. The van der Waals surface area contributed by atoms with Gasteiger partial charge in [0.2, 0.25) is 0 Å². The van der Waals surface area contributed by atoms with E-state index in [0.717, 1.165) is 24.1 Å². The molecule has 0 radical (unpaired) electrons. The second-order valence-electron chi connectivity index (χ2n) is 5.99. The molecule has 0 amide bonds. The fourth-order valence-corrected chi connectivity index (χ4v) is 5.59. The van der Waals surface area contributed by atoms with Crippen LogP contribution in [0.4, 0.5) is 0 Å². The topological polar surface area (TPSA) is 66.6 Å². The predicted octanol–water partition coefficient (Wildman–Crippen LogP) is 1.35. The molecule has 1 fully saturated rings. The van der Waals surface area contributed by atoms with Gasteiger partial charge < -0.3 is 10.6 Å². The van der Waals surface area contributed by atoms with Gasteiger partial charge in [-0.25, -0.2) is 8.42 Å². The van der Waals surface area contributed by atoms with Crippen molar-refractivity contribution >= 4 is 21.4 Å². The molecule has 1 saturated carbocycles. The summed E-state index contributed by atoms with van der Waals surface area (Å²) >= 11 is 1.33. The SMILES string of the molecule is CN(C)C1(CN(C)S(=O)(=O)c2ccc(CCN)s2)CCC1. The first-order chi connectivity index (χ1) is 9.82. The van der Waals surface area contributed by atoms with E-state index < -0.39 is 10.0 Å². The van der Waals surface area contributed by atoms with Gasteiger partial charge in [0.15, 0.2) is 0 Å². The number of hydrogen-bond donors (Lipinski definition) is 1. The van der Waals surface area contributed by atoms with E-state index >= 15 is 0 Å². The Morgan fingerprint density at radius 3 is 2.43 bits per heavy atom. The summed E-state index contributed by atoms with van der Waals surface area (Å²) in [6, 6.07) is 3.56. The van der Waals surface area contributed by atoms with E-state index in [1.165, 1.54) is 22.1 Å². The molecule has 120 valence electrons. The van der Waals surface area contributed by atoms with Crippen LogP contribution in [0.2, 0.25) is 0 Å². The van der Waals surface area contributed by atoms with Crippen LogP contribution >= 0.6 is 11.3 Å². The summed E-state index contributed by atoms with van der Waals surface area (Å²) in [5, 5.41) is 0. The standard InChI is InChI=1S/C14H25N3O2S2/c1-16(2)14(8-4-9-14)11-17(3)21(18,19)13-6-5-12(20-13)7-10-15/h5-6H,4,7-11,15H2,1-3H3. The summed E-state index contributed by atoms with van der Waals surface area (Å²) in [7, 11) is 2.35. The van der Waals surface area contributed by atoms with Crippen LogP contribution < -0.4 is 5.73 Å². The smallest absolute Gasteiger partial charge is 0.252 e. The first kappa shape index (κ1) is 16.9. The predicted molar refractivity (Wildman–Crippen MR) is 87.2 cm³/mol. The molecular weight excluding hydrogens is 306 g/mol. The van der Waals surface area contributed by atoms with Crippen LogP contribution in [0.1, 0.15) is 24.1 Å². The molecule has 21 heavy (non-hydrogen) atoms. The minimum Gasteiger partial charge on any atom is -0.330 e. The van der Waals surface area contributed by atoms with Crippen LogP contribution in [-0.2, 0) is 16.4 Å². The lowest BCUT2D eigenvalue weighted by atomic mass is 9.75. The fraction of sp³-hybridized carbons (Fsp3) is 0.714. The maximum atomic E-state index is 12.7. The third kappa shape index (κ3) is 3.32. The van der Waals surface area contributed by atoms with Gasteiger partial charge >= 0.3 is 0 Å². The van der Waals surface area contributed by atoms with E-state index in [2.05, 4.69) is 4.90 Å². The molecule has 7 heteroatoms. The third-order valence-corrected chi connectivity index (χ3v) is 7.86. The maximum absolute atomic E-state index is 12.7. The molecule has 2 rings (SSSR count). The average molecular weight is 332 g/mol. The summed E-state index contributed by atoms with van der Waals surface area (Å²) in [4.78, 5) is 3.19. The zero-order valence-electron chi connectivity index (χ0n) is 13.0. The Bertz CT molecular complexity index is 577. The summed E-state index contributed by atoms with van der Waals surface area (Å²) in [5.74, 6) is 0. The largest absolute Gasteiger partial charge is 0.330 e. The Labute approximate surface area is 131 Å². The molecule has 1 aromatic heterocycles. The molecule has 1 aromatic rings. The molecule has 0 bridgehead atoms. The highest BCUT2D eigenvalue weighted by molar-refractivity contribution is 7.91. The van der Waals surface area contributed by atoms with Crippen LogP contribution in [0, 0.1) is 0 Å². The highest BCUT2D eigenvalue weighted by Gasteiger charge is 2.42. The lowest BCUT2D eigenvalue weighted by Crippen LogP contribution is -2.57. The molecule has 5 nitrogen and oxygen atoms in total. The summed E-state index contributed by atoms with van der Waals surface area (Å²) in [6.45, 7) is 1.09. The van der Waals surface area contributed by atoms with Crippen molar-refractivity contribution in [2.45, 2.75) is 35.4 Å². The van der Waals surface area contributed by atoms with Gasteiger partial charge in [-0.05, 0) is 58.5 Å². The van der Waals surface area contributed by atoms with Crippen LogP contribution in [0.5, 0.6) is 0 Å². The van der Waals surface area contributed by atoms with Crippen molar-refractivity contribution in [3.05, 3.63) is 17.0 Å². The van der Waals surface area contributed by atoms with Crippen molar-refractivity contribution in [1.29, 1.82) is 0 Å². The number of nitrogens with zero attached hydrogens (tertiary/aromatic N) is 2. The summed E-state index contributed by atoms with van der Waals surface area (Å²) in [5.41, 5.74) is 5.52. The molecule has 1 heterocycles. The Hall–Kier alpha value is -0.470. The number of sulfonamides is 1. The lowest BCUT2D eigenvalue weighted by Gasteiger charge is -2.48. The molecule has 1 aliphatic rings. The Morgan fingerprint density at radius 2 is 1.95 bits per heavy atom. The van der Waals surface area contributed by atoms with Gasteiger partial charge in [0.1, 0.15) is 4.21 Å². The maximum Gasteiger partial charge on any atom is 0.252 e. The average Bonchev–Trinajstić information content (AvgIpc) is 2.82. The number of likely N-dealkylation sites (N-methyl/N-ethyl adjacent to an activating group) is 2. The Kier molecular flexibility index (Phi) is 5.10. The third-order valence-electron chi connectivity index (χ3n) is 4.44. The molecule has 0 aromatic carbocycles. The molecular formula is C14H25N3O2S2. The van der Waals surface area contributed by atoms with Gasteiger partial charge in [-0.3, -0.25) is 0 Å². The normalized spacial score (nSPS) is 18.2. The molecule has 0 spiro atoms. The van der Waals surface area contributed by atoms with E-state index in [9.17, 15) is 8.42 Å². The quantitative estimate of drug-likeness (QED) is 0.819. The lowest BCUT2D eigenvalue weighted by molar-refractivity contribution is 0.0455. The molecule has 1 aliphatic carbocycles. The van der Waals surface area contributed by atoms with Crippen molar-refractivity contribution < 1.29 is 8.42 Å². The van der Waals surface area contributed by atoms with E-state index in [1.807, 2.05) is 20.2 Å². The van der Waals surface area contributed by atoms with Crippen molar-refractivity contribution in [3.8, 4) is 0 Å². The molecule has 2 N–H and O–H groups in total. The van der Waals surface area contributed by atoms with Gasteiger partial charge in [-0.15, -0.1) is 11.3 Å². The van der Waals surface area contributed by atoms with Crippen molar-refractivity contribution in [2.75, 3.05) is 34.2 Å². The van der Waals surface area contributed by atoms with E-state index in [0.29, 0.717) is 17.3 Å². The zero-order valence-corrected chi connectivity index (χ0v) is 14.6. The van der Waals surface area contributed by atoms with Crippen molar-refractivity contribution in [3.63, 3.8) is 0 Å². The minimum atomic E-state index is -3.40. The Morgan fingerprint density at radius 1 is 1.29 bits per heavy atom. The monoisotopic (exact) mass is 331 g/mol. The van der Waals surface area contributed by atoms with E-state index in [-0.39, 0.29) is 5.54 Å². The number of hydrogen-bond acceptors (Lipinski definition) is 5. The number of thiophene rings is 1. The second-order valence-corrected chi connectivity index (χ2v) is 9.43. The van der Waals surface area contributed by atoms with E-state index in [1.54, 1.807) is 13.1 Å². The van der Waals surface area contributed by atoms with Gasteiger partial charge in [0.25, 0.3) is 10.0 Å². The molecule has 0 saturated heterocycles. The van der Waals surface area contributed by atoms with Gasteiger partial charge in [0.05, 0.1) is 0 Å². The number of rotatable bonds is 7. The van der Waals surface area contributed by atoms with Crippen molar-refractivity contribution in [1.82, 2.24) is 9.21 Å². The highest BCUT2D eigenvalue weighted by atomic mass is 32.2. The zero-order chi connectivity index (χ0) is 15.7. The van der Waals surface area contributed by atoms with Crippen LogP contribution in [0.15, 0.2) is 16.3 Å². The molecule has 0 atom stereocenters.